The predicted octanol–water partition coefficient (Wildman–Crippen LogP) is 1.90. The van der Waals surface area contributed by atoms with Gasteiger partial charge in [0.05, 0.1) is 25.9 Å². The number of hydrogen-bond donors (Lipinski definition) is 1. The second-order valence-electron chi connectivity index (χ2n) is 5.79. The Bertz CT molecular complexity index is 537. The third-order valence-electron chi connectivity index (χ3n) is 4.07. The predicted molar refractivity (Wildman–Crippen MR) is 89.0 cm³/mol. The Kier molecular flexibility index (Phi) is 5.72. The first-order valence-electron chi connectivity index (χ1n) is 7.94. The quantitative estimate of drug-likeness (QED) is 0.914. The summed E-state index contributed by atoms with van der Waals surface area (Å²) in [5, 5.41) is 3.50. The highest BCUT2D eigenvalue weighted by molar-refractivity contribution is 6.30. The molecule has 1 atom stereocenters. The first-order chi connectivity index (χ1) is 11.2. The number of rotatable bonds is 3. The number of urea groups is 1. The van der Waals surface area contributed by atoms with E-state index in [1.165, 1.54) is 0 Å². The van der Waals surface area contributed by atoms with Crippen molar-refractivity contribution in [3.63, 3.8) is 0 Å². The van der Waals surface area contributed by atoms with Crippen LogP contribution in [-0.4, -0.2) is 74.5 Å². The molecule has 0 saturated carbocycles. The molecule has 3 rings (SSSR count). The minimum absolute atomic E-state index is 0.0481. The number of anilines is 1. The highest BCUT2D eigenvalue weighted by atomic mass is 35.5. The van der Waals surface area contributed by atoms with Gasteiger partial charge in [-0.1, -0.05) is 17.7 Å². The number of halogens is 1. The van der Waals surface area contributed by atoms with E-state index in [2.05, 4.69) is 10.2 Å². The van der Waals surface area contributed by atoms with Crippen molar-refractivity contribution in [2.24, 2.45) is 0 Å². The molecule has 6 nitrogen and oxygen atoms in total. The minimum Gasteiger partial charge on any atom is -0.379 e. The third-order valence-corrected chi connectivity index (χ3v) is 4.30. The molecule has 0 bridgehead atoms. The lowest BCUT2D eigenvalue weighted by Gasteiger charge is -2.36. The molecule has 7 heteroatoms. The fourth-order valence-corrected chi connectivity index (χ4v) is 3.05. The van der Waals surface area contributed by atoms with Gasteiger partial charge in [0, 0.05) is 43.4 Å². The highest BCUT2D eigenvalue weighted by Crippen LogP contribution is 2.16. The Labute approximate surface area is 141 Å². The molecule has 2 aliphatic rings. The molecular formula is C16H22ClN3O3. The van der Waals surface area contributed by atoms with Crippen molar-refractivity contribution < 1.29 is 14.3 Å². The zero-order valence-corrected chi connectivity index (χ0v) is 13.8. The monoisotopic (exact) mass is 339 g/mol. The topological polar surface area (TPSA) is 54.0 Å². The fourth-order valence-electron chi connectivity index (χ4n) is 2.85. The molecule has 0 aliphatic carbocycles. The van der Waals surface area contributed by atoms with Crippen molar-refractivity contribution in [3.8, 4) is 0 Å². The van der Waals surface area contributed by atoms with E-state index >= 15 is 0 Å². The van der Waals surface area contributed by atoms with Gasteiger partial charge < -0.3 is 19.7 Å². The van der Waals surface area contributed by atoms with Crippen LogP contribution < -0.4 is 5.32 Å². The fraction of sp³-hybridized carbons (Fsp3) is 0.562. The number of hydrogen-bond acceptors (Lipinski definition) is 4. The molecule has 2 fully saturated rings. The van der Waals surface area contributed by atoms with Crippen molar-refractivity contribution in [2.45, 2.75) is 6.10 Å². The lowest BCUT2D eigenvalue weighted by molar-refractivity contribution is -0.0458. The summed E-state index contributed by atoms with van der Waals surface area (Å²) in [6.45, 7) is 6.00. The largest absolute Gasteiger partial charge is 0.379 e. The highest BCUT2D eigenvalue weighted by Gasteiger charge is 2.26. The van der Waals surface area contributed by atoms with Gasteiger partial charge in [-0.05, 0) is 18.2 Å². The number of benzene rings is 1. The molecular weight excluding hydrogens is 318 g/mol. The van der Waals surface area contributed by atoms with Crippen molar-refractivity contribution in [1.82, 2.24) is 9.80 Å². The van der Waals surface area contributed by atoms with Crippen LogP contribution in [-0.2, 0) is 9.47 Å². The van der Waals surface area contributed by atoms with Crippen LogP contribution in [0.3, 0.4) is 0 Å². The molecule has 1 aromatic carbocycles. The molecule has 0 radical (unpaired) electrons. The Morgan fingerprint density at radius 3 is 2.87 bits per heavy atom. The van der Waals surface area contributed by atoms with Crippen molar-refractivity contribution >= 4 is 23.3 Å². The van der Waals surface area contributed by atoms with E-state index in [0.717, 1.165) is 32.8 Å². The van der Waals surface area contributed by atoms with E-state index in [9.17, 15) is 4.79 Å². The molecule has 126 valence electrons. The summed E-state index contributed by atoms with van der Waals surface area (Å²) >= 11 is 5.95. The van der Waals surface area contributed by atoms with Crippen LogP contribution in [0.1, 0.15) is 0 Å². The Hall–Kier alpha value is -1.34. The standard InChI is InChI=1S/C16H22ClN3O3/c17-13-2-1-3-14(10-13)18-16(21)20-6-9-23-15(12-20)11-19-4-7-22-8-5-19/h1-3,10,15H,4-9,11-12H2,(H,18,21). The van der Waals surface area contributed by atoms with E-state index in [4.69, 9.17) is 21.1 Å². The summed E-state index contributed by atoms with van der Waals surface area (Å²) in [6, 6.07) is 7.06. The average molecular weight is 340 g/mol. The van der Waals surface area contributed by atoms with E-state index in [0.29, 0.717) is 30.4 Å². The molecule has 2 heterocycles. The molecule has 0 spiro atoms. The van der Waals surface area contributed by atoms with Crippen LogP contribution >= 0.6 is 11.6 Å². The molecule has 1 N–H and O–H groups in total. The minimum atomic E-state index is -0.109. The van der Waals surface area contributed by atoms with Gasteiger partial charge in [0.2, 0.25) is 0 Å². The van der Waals surface area contributed by atoms with Gasteiger partial charge >= 0.3 is 6.03 Å². The summed E-state index contributed by atoms with van der Waals surface area (Å²) in [5.74, 6) is 0. The van der Waals surface area contributed by atoms with Crippen LogP contribution in [0.5, 0.6) is 0 Å². The number of nitrogens with one attached hydrogen (secondary N) is 1. The SMILES string of the molecule is O=C(Nc1cccc(Cl)c1)N1CCOC(CN2CCOCC2)C1. The molecule has 2 aliphatic heterocycles. The number of ether oxygens (including phenoxy) is 2. The van der Waals surface area contributed by atoms with Crippen molar-refractivity contribution in [1.29, 1.82) is 0 Å². The molecule has 1 aromatic rings. The van der Waals surface area contributed by atoms with Crippen LogP contribution in [0, 0.1) is 0 Å². The maximum absolute atomic E-state index is 12.4. The van der Waals surface area contributed by atoms with Gasteiger partial charge in [-0.25, -0.2) is 4.79 Å². The van der Waals surface area contributed by atoms with Gasteiger partial charge in [0.15, 0.2) is 0 Å². The number of carbonyl (C=O) groups excluding carboxylic acids is 1. The normalized spacial score (nSPS) is 22.8. The number of nitrogens with zero attached hydrogens (tertiary/aromatic N) is 2. The van der Waals surface area contributed by atoms with Gasteiger partial charge in [0.25, 0.3) is 0 Å². The maximum atomic E-state index is 12.4. The van der Waals surface area contributed by atoms with E-state index in [-0.39, 0.29) is 12.1 Å². The second kappa shape index (κ2) is 7.97. The third kappa shape index (κ3) is 4.81. The van der Waals surface area contributed by atoms with Crippen LogP contribution in [0.4, 0.5) is 10.5 Å². The average Bonchev–Trinajstić information content (AvgIpc) is 2.56. The first kappa shape index (κ1) is 16.5. The van der Waals surface area contributed by atoms with Crippen LogP contribution in [0.15, 0.2) is 24.3 Å². The number of amides is 2. The lowest BCUT2D eigenvalue weighted by atomic mass is 10.2. The number of carbonyl (C=O) groups is 1. The van der Waals surface area contributed by atoms with Gasteiger partial charge in [-0.2, -0.15) is 0 Å². The Balaban J connectivity index is 1.51. The second-order valence-corrected chi connectivity index (χ2v) is 6.23. The molecule has 2 amide bonds. The summed E-state index contributed by atoms with van der Waals surface area (Å²) in [7, 11) is 0. The molecule has 0 aromatic heterocycles. The smallest absolute Gasteiger partial charge is 0.322 e. The van der Waals surface area contributed by atoms with E-state index < -0.39 is 0 Å². The maximum Gasteiger partial charge on any atom is 0.322 e. The molecule has 23 heavy (non-hydrogen) atoms. The van der Waals surface area contributed by atoms with Crippen LogP contribution in [0.2, 0.25) is 5.02 Å². The molecule has 1 unspecified atom stereocenters. The summed E-state index contributed by atoms with van der Waals surface area (Å²) in [6.07, 6.45) is 0.0481. The Morgan fingerprint density at radius 1 is 1.26 bits per heavy atom. The Morgan fingerprint density at radius 2 is 2.09 bits per heavy atom. The van der Waals surface area contributed by atoms with Gasteiger partial charge in [-0.15, -0.1) is 0 Å². The van der Waals surface area contributed by atoms with Crippen molar-refractivity contribution in [2.75, 3.05) is 57.9 Å². The van der Waals surface area contributed by atoms with Crippen LogP contribution in [0.25, 0.3) is 0 Å². The van der Waals surface area contributed by atoms with Gasteiger partial charge in [-0.3, -0.25) is 4.90 Å². The first-order valence-corrected chi connectivity index (χ1v) is 8.32. The zero-order valence-electron chi connectivity index (χ0n) is 13.0. The number of morpholine rings is 2. The summed E-state index contributed by atoms with van der Waals surface area (Å²) < 4.78 is 11.2. The lowest BCUT2D eigenvalue weighted by Crippen LogP contribution is -2.52. The van der Waals surface area contributed by atoms with E-state index in [1.54, 1.807) is 17.0 Å². The molecule has 2 saturated heterocycles. The summed E-state index contributed by atoms with van der Waals surface area (Å²) in [4.78, 5) is 16.5. The van der Waals surface area contributed by atoms with Gasteiger partial charge in [0.1, 0.15) is 0 Å². The zero-order chi connectivity index (χ0) is 16.1. The van der Waals surface area contributed by atoms with E-state index in [1.807, 2.05) is 12.1 Å². The summed E-state index contributed by atoms with van der Waals surface area (Å²) in [5.41, 5.74) is 0.707. The van der Waals surface area contributed by atoms with Crippen molar-refractivity contribution in [3.05, 3.63) is 29.3 Å².